The number of rotatable bonds is 5. The Labute approximate surface area is 166 Å². The maximum atomic E-state index is 12.2. The molecule has 0 spiro atoms. The highest BCUT2D eigenvalue weighted by molar-refractivity contribution is 7.14. The number of nitrogens with one attached hydrogen (secondary N) is 1. The summed E-state index contributed by atoms with van der Waals surface area (Å²) >= 11 is 1.57. The van der Waals surface area contributed by atoms with Gasteiger partial charge in [-0.3, -0.25) is 4.79 Å². The van der Waals surface area contributed by atoms with Crippen LogP contribution in [0.2, 0.25) is 0 Å². The number of nitrogens with zero attached hydrogens (tertiary/aromatic N) is 4. The number of hydrogen-bond acceptors (Lipinski definition) is 7. The third kappa shape index (κ3) is 3.50. The standard InChI is InChI=1S/C19H21N5O3S/c1-11(2)17-21-10-24(23-17)19-22-16-13-4-3-12(18(26)20-6-7-25)9-14(13)27-8-5-15(16)28-19/h3-4,9-11,25H,5-8H2,1-2H3,(H,20,26). The van der Waals surface area contributed by atoms with Gasteiger partial charge in [-0.05, 0) is 18.2 Å². The average Bonchev–Trinajstić information content (AvgIpc) is 3.30. The summed E-state index contributed by atoms with van der Waals surface area (Å²) in [6, 6.07) is 5.33. The van der Waals surface area contributed by atoms with Crippen molar-refractivity contribution in [1.82, 2.24) is 25.1 Å². The molecule has 1 aliphatic rings. The van der Waals surface area contributed by atoms with E-state index in [1.54, 1.807) is 34.5 Å². The summed E-state index contributed by atoms with van der Waals surface area (Å²) in [6.45, 7) is 4.74. The van der Waals surface area contributed by atoms with Crippen molar-refractivity contribution in [3.8, 4) is 22.1 Å². The second kappa shape index (κ2) is 7.69. The minimum absolute atomic E-state index is 0.0983. The van der Waals surface area contributed by atoms with Gasteiger partial charge in [0.15, 0.2) is 5.82 Å². The Bertz CT molecular complexity index is 1010. The molecule has 8 nitrogen and oxygen atoms in total. The molecule has 0 atom stereocenters. The molecule has 0 unspecified atom stereocenters. The number of aromatic nitrogens is 4. The Kier molecular flexibility index (Phi) is 5.10. The first-order valence-electron chi connectivity index (χ1n) is 9.14. The average molecular weight is 399 g/mol. The molecular formula is C19H21N5O3S. The van der Waals surface area contributed by atoms with Crippen molar-refractivity contribution in [3.05, 3.63) is 40.8 Å². The van der Waals surface area contributed by atoms with Gasteiger partial charge in [0.25, 0.3) is 5.91 Å². The van der Waals surface area contributed by atoms with E-state index in [2.05, 4.69) is 29.2 Å². The molecule has 0 aliphatic carbocycles. The van der Waals surface area contributed by atoms with Gasteiger partial charge in [-0.1, -0.05) is 25.2 Å². The van der Waals surface area contributed by atoms with E-state index in [9.17, 15) is 4.79 Å². The van der Waals surface area contributed by atoms with Crippen LogP contribution >= 0.6 is 11.3 Å². The maximum absolute atomic E-state index is 12.2. The summed E-state index contributed by atoms with van der Waals surface area (Å²) in [6.07, 6.45) is 2.43. The molecule has 2 aromatic heterocycles. The van der Waals surface area contributed by atoms with Crippen LogP contribution in [0.5, 0.6) is 5.75 Å². The third-order valence-corrected chi connectivity index (χ3v) is 5.50. The molecule has 1 amide bonds. The van der Waals surface area contributed by atoms with Crippen molar-refractivity contribution in [2.75, 3.05) is 19.8 Å². The van der Waals surface area contributed by atoms with Crippen LogP contribution in [0.1, 0.15) is 40.8 Å². The van der Waals surface area contributed by atoms with Crippen LogP contribution in [-0.4, -0.2) is 50.5 Å². The molecule has 0 saturated heterocycles. The molecular weight excluding hydrogens is 378 g/mol. The van der Waals surface area contributed by atoms with Crippen molar-refractivity contribution in [3.63, 3.8) is 0 Å². The minimum Gasteiger partial charge on any atom is -0.492 e. The Morgan fingerprint density at radius 3 is 3.04 bits per heavy atom. The smallest absolute Gasteiger partial charge is 0.251 e. The predicted molar refractivity (Wildman–Crippen MR) is 105 cm³/mol. The quantitative estimate of drug-likeness (QED) is 0.682. The van der Waals surface area contributed by atoms with E-state index in [0.717, 1.165) is 33.5 Å². The zero-order valence-electron chi connectivity index (χ0n) is 15.7. The lowest BCUT2D eigenvalue weighted by molar-refractivity contribution is 0.0944. The number of aliphatic hydroxyl groups is 1. The summed E-state index contributed by atoms with van der Waals surface area (Å²) < 4.78 is 7.58. The largest absolute Gasteiger partial charge is 0.492 e. The highest BCUT2D eigenvalue weighted by Crippen LogP contribution is 2.38. The van der Waals surface area contributed by atoms with Crippen LogP contribution < -0.4 is 10.1 Å². The first-order valence-corrected chi connectivity index (χ1v) is 9.96. The Balaban J connectivity index is 1.68. The number of benzene rings is 1. The van der Waals surface area contributed by atoms with Crippen molar-refractivity contribution < 1.29 is 14.6 Å². The third-order valence-electron chi connectivity index (χ3n) is 4.39. The summed E-state index contributed by atoms with van der Waals surface area (Å²) in [5.41, 5.74) is 2.21. The monoisotopic (exact) mass is 399 g/mol. The molecule has 1 aromatic carbocycles. The predicted octanol–water partition coefficient (Wildman–Crippen LogP) is 2.17. The molecule has 28 heavy (non-hydrogen) atoms. The molecule has 0 radical (unpaired) electrons. The van der Waals surface area contributed by atoms with Gasteiger partial charge in [0.1, 0.15) is 12.1 Å². The number of ether oxygens (including phenoxy) is 1. The Morgan fingerprint density at radius 2 is 2.29 bits per heavy atom. The number of amides is 1. The number of fused-ring (bicyclic) bond motifs is 3. The second-order valence-corrected chi connectivity index (χ2v) is 7.82. The Morgan fingerprint density at radius 1 is 1.43 bits per heavy atom. The molecule has 2 N–H and O–H groups in total. The number of thiazole rings is 1. The summed E-state index contributed by atoms with van der Waals surface area (Å²) in [5, 5.41) is 16.8. The van der Waals surface area contributed by atoms with Crippen molar-refractivity contribution >= 4 is 17.2 Å². The van der Waals surface area contributed by atoms with Gasteiger partial charge in [-0.25, -0.2) is 9.97 Å². The molecule has 146 valence electrons. The molecule has 0 bridgehead atoms. The van der Waals surface area contributed by atoms with E-state index in [0.29, 0.717) is 17.9 Å². The van der Waals surface area contributed by atoms with Crippen molar-refractivity contribution in [2.24, 2.45) is 0 Å². The van der Waals surface area contributed by atoms with E-state index in [4.69, 9.17) is 14.8 Å². The van der Waals surface area contributed by atoms with Crippen LogP contribution in [0.3, 0.4) is 0 Å². The van der Waals surface area contributed by atoms with E-state index in [-0.39, 0.29) is 25.0 Å². The number of aliphatic hydroxyl groups excluding tert-OH is 1. The first-order chi connectivity index (χ1) is 13.6. The van der Waals surface area contributed by atoms with Gasteiger partial charge in [0.2, 0.25) is 5.13 Å². The van der Waals surface area contributed by atoms with Crippen molar-refractivity contribution in [2.45, 2.75) is 26.2 Å². The minimum atomic E-state index is -0.243. The lowest BCUT2D eigenvalue weighted by Crippen LogP contribution is -2.26. The van der Waals surface area contributed by atoms with Gasteiger partial charge < -0.3 is 15.2 Å². The number of carbonyl (C=O) groups is 1. The van der Waals surface area contributed by atoms with Crippen LogP contribution in [-0.2, 0) is 6.42 Å². The van der Waals surface area contributed by atoms with E-state index in [1.165, 1.54) is 0 Å². The molecule has 1 aliphatic heterocycles. The van der Waals surface area contributed by atoms with Crippen molar-refractivity contribution in [1.29, 1.82) is 0 Å². The second-order valence-electron chi connectivity index (χ2n) is 6.76. The zero-order chi connectivity index (χ0) is 19.7. The van der Waals surface area contributed by atoms with E-state index in [1.807, 2.05) is 6.07 Å². The number of carbonyl (C=O) groups excluding carboxylic acids is 1. The summed E-state index contributed by atoms with van der Waals surface area (Å²) in [5.74, 6) is 1.43. The fraction of sp³-hybridized carbons (Fsp3) is 0.368. The number of hydrogen-bond donors (Lipinski definition) is 2. The normalized spacial score (nSPS) is 12.9. The first kappa shape index (κ1) is 18.6. The van der Waals surface area contributed by atoms with Gasteiger partial charge in [0.05, 0.1) is 18.9 Å². The fourth-order valence-corrected chi connectivity index (χ4v) is 3.93. The van der Waals surface area contributed by atoms with E-state index >= 15 is 0 Å². The highest BCUT2D eigenvalue weighted by atomic mass is 32.1. The lowest BCUT2D eigenvalue weighted by atomic mass is 10.1. The molecule has 4 rings (SSSR count). The topological polar surface area (TPSA) is 102 Å². The molecule has 0 fully saturated rings. The van der Waals surface area contributed by atoms with Crippen LogP contribution in [0.15, 0.2) is 24.5 Å². The fourth-order valence-electron chi connectivity index (χ4n) is 2.95. The maximum Gasteiger partial charge on any atom is 0.251 e. The molecule has 0 saturated carbocycles. The molecule has 3 heterocycles. The van der Waals surface area contributed by atoms with Gasteiger partial charge in [-0.15, -0.1) is 5.10 Å². The Hall–Kier alpha value is -2.78. The van der Waals surface area contributed by atoms with Crippen LogP contribution in [0.25, 0.3) is 16.4 Å². The van der Waals surface area contributed by atoms with Crippen LogP contribution in [0.4, 0.5) is 0 Å². The zero-order valence-corrected chi connectivity index (χ0v) is 16.5. The van der Waals surface area contributed by atoms with E-state index < -0.39 is 0 Å². The SMILES string of the molecule is CC(C)c1ncn(-c2nc3c(s2)CCOc2cc(C(=O)NCCO)ccc2-3)n1. The van der Waals surface area contributed by atoms with Gasteiger partial charge >= 0.3 is 0 Å². The molecule has 3 aromatic rings. The van der Waals surface area contributed by atoms with Gasteiger partial charge in [-0.2, -0.15) is 4.68 Å². The van der Waals surface area contributed by atoms with Gasteiger partial charge in [0, 0.05) is 34.9 Å². The van der Waals surface area contributed by atoms with Crippen LogP contribution in [0, 0.1) is 0 Å². The highest BCUT2D eigenvalue weighted by Gasteiger charge is 2.23. The summed E-state index contributed by atoms with van der Waals surface area (Å²) in [7, 11) is 0. The lowest BCUT2D eigenvalue weighted by Gasteiger charge is -2.09. The summed E-state index contributed by atoms with van der Waals surface area (Å²) in [4.78, 5) is 22.4. The molecule has 9 heteroatoms.